The first-order valence-electron chi connectivity index (χ1n) is 3.45. The molecule has 58 valence electrons. The van der Waals surface area contributed by atoms with Gasteiger partial charge in [0.1, 0.15) is 6.10 Å². The first-order chi connectivity index (χ1) is 4.55. The summed E-state index contributed by atoms with van der Waals surface area (Å²) in [6.07, 6.45) is -1.62. The smallest absolute Gasteiger partial charge is 0.167 e. The van der Waals surface area contributed by atoms with Crippen LogP contribution < -0.4 is 0 Å². The van der Waals surface area contributed by atoms with E-state index in [2.05, 4.69) is 0 Å². The van der Waals surface area contributed by atoms with E-state index >= 15 is 0 Å². The number of hydrogen-bond donors (Lipinski definition) is 2. The Kier molecular flexibility index (Phi) is 1.79. The number of aliphatic hydroxyl groups is 2. The molecule has 0 heterocycles. The Labute approximate surface area is 59.7 Å². The van der Waals surface area contributed by atoms with E-state index in [-0.39, 0.29) is 11.7 Å². The van der Waals surface area contributed by atoms with Gasteiger partial charge in [0.15, 0.2) is 5.78 Å². The Morgan fingerprint density at radius 2 is 1.80 bits per heavy atom. The molecule has 0 aromatic carbocycles. The van der Waals surface area contributed by atoms with Gasteiger partial charge in [0.2, 0.25) is 0 Å². The highest BCUT2D eigenvalue weighted by molar-refractivity contribution is 5.88. The molecule has 3 nitrogen and oxygen atoms in total. The van der Waals surface area contributed by atoms with Crippen molar-refractivity contribution < 1.29 is 15.0 Å². The fourth-order valence-corrected chi connectivity index (χ4v) is 1.34. The molecule has 0 amide bonds. The lowest BCUT2D eigenvalue weighted by Crippen LogP contribution is -2.21. The summed E-state index contributed by atoms with van der Waals surface area (Å²) in [6, 6.07) is 0. The van der Waals surface area contributed by atoms with Gasteiger partial charge in [-0.2, -0.15) is 0 Å². The first-order valence-corrected chi connectivity index (χ1v) is 3.45. The molecule has 1 aliphatic carbocycles. The van der Waals surface area contributed by atoms with E-state index in [1.165, 1.54) is 0 Å². The molecule has 0 radical (unpaired) electrons. The van der Waals surface area contributed by atoms with Crippen LogP contribution in [0.3, 0.4) is 0 Å². The van der Waals surface area contributed by atoms with Crippen LogP contribution >= 0.6 is 0 Å². The Balaban J connectivity index is 2.78. The second-order valence-corrected chi connectivity index (χ2v) is 2.99. The van der Waals surface area contributed by atoms with Gasteiger partial charge >= 0.3 is 0 Å². The number of hydrogen-bond acceptors (Lipinski definition) is 3. The van der Waals surface area contributed by atoms with Crippen LogP contribution in [-0.2, 0) is 4.79 Å². The number of aliphatic hydroxyl groups excluding tert-OH is 2. The molecule has 0 spiro atoms. The lowest BCUT2D eigenvalue weighted by atomic mass is 10.0. The standard InChI is InChI=1S/C7H12O3/c1-3-5(8)4(2)7(10)6(3)9/h3-6,8-9H,1-2H3/t3?,4?,5?,6-/m1/s1. The van der Waals surface area contributed by atoms with Crippen molar-refractivity contribution >= 4 is 5.78 Å². The molecule has 0 aliphatic heterocycles. The third-order valence-corrected chi connectivity index (χ3v) is 2.29. The third kappa shape index (κ3) is 0.859. The van der Waals surface area contributed by atoms with Gasteiger partial charge in [-0.05, 0) is 0 Å². The molecule has 0 aromatic rings. The van der Waals surface area contributed by atoms with E-state index in [4.69, 9.17) is 5.11 Å². The van der Waals surface area contributed by atoms with Gasteiger partial charge in [-0.25, -0.2) is 0 Å². The maximum Gasteiger partial charge on any atom is 0.167 e. The Morgan fingerprint density at radius 3 is 1.90 bits per heavy atom. The van der Waals surface area contributed by atoms with Crippen LogP contribution in [0.25, 0.3) is 0 Å². The second kappa shape index (κ2) is 2.32. The molecule has 10 heavy (non-hydrogen) atoms. The normalized spacial score (nSPS) is 48.2. The average Bonchev–Trinajstić information content (AvgIpc) is 2.07. The molecule has 3 unspecified atom stereocenters. The van der Waals surface area contributed by atoms with Crippen LogP contribution in [0.4, 0.5) is 0 Å². The van der Waals surface area contributed by atoms with Crippen molar-refractivity contribution in [2.75, 3.05) is 0 Å². The maximum absolute atomic E-state index is 10.9. The van der Waals surface area contributed by atoms with E-state index in [1.54, 1.807) is 13.8 Å². The minimum Gasteiger partial charge on any atom is -0.392 e. The molecule has 1 saturated carbocycles. The lowest BCUT2D eigenvalue weighted by Gasteiger charge is -2.10. The molecular formula is C7H12O3. The van der Waals surface area contributed by atoms with Crippen molar-refractivity contribution in [1.29, 1.82) is 0 Å². The van der Waals surface area contributed by atoms with E-state index in [1.807, 2.05) is 0 Å². The van der Waals surface area contributed by atoms with Crippen molar-refractivity contribution in [3.05, 3.63) is 0 Å². The van der Waals surface area contributed by atoms with Gasteiger partial charge < -0.3 is 10.2 Å². The summed E-state index contributed by atoms with van der Waals surface area (Å²) in [6.45, 7) is 3.32. The number of rotatable bonds is 0. The zero-order valence-corrected chi connectivity index (χ0v) is 6.11. The van der Waals surface area contributed by atoms with Crippen LogP contribution in [0.2, 0.25) is 0 Å². The molecule has 0 bridgehead atoms. The van der Waals surface area contributed by atoms with Crippen LogP contribution in [0, 0.1) is 11.8 Å². The second-order valence-electron chi connectivity index (χ2n) is 2.99. The predicted molar refractivity (Wildman–Crippen MR) is 35.3 cm³/mol. The maximum atomic E-state index is 10.9. The Bertz CT molecular complexity index is 139. The first kappa shape index (κ1) is 7.69. The van der Waals surface area contributed by atoms with E-state index in [9.17, 15) is 9.90 Å². The van der Waals surface area contributed by atoms with Crippen LogP contribution in [-0.4, -0.2) is 28.2 Å². The summed E-state index contributed by atoms with van der Waals surface area (Å²) in [5.41, 5.74) is 0. The average molecular weight is 144 g/mol. The molecule has 1 aliphatic rings. The zero-order valence-electron chi connectivity index (χ0n) is 6.11. The van der Waals surface area contributed by atoms with Gasteiger partial charge in [0.05, 0.1) is 6.10 Å². The largest absolute Gasteiger partial charge is 0.392 e. The highest BCUT2D eigenvalue weighted by Crippen LogP contribution is 2.27. The molecular weight excluding hydrogens is 132 g/mol. The van der Waals surface area contributed by atoms with Crippen molar-refractivity contribution in [2.45, 2.75) is 26.1 Å². The number of Topliss-reactive ketones (excluding diaryl/α,β-unsaturated/α-hetero) is 1. The zero-order chi connectivity index (χ0) is 7.89. The van der Waals surface area contributed by atoms with Crippen LogP contribution in [0.1, 0.15) is 13.8 Å². The summed E-state index contributed by atoms with van der Waals surface area (Å²) in [5, 5.41) is 18.3. The van der Waals surface area contributed by atoms with Crippen molar-refractivity contribution in [2.24, 2.45) is 11.8 Å². The summed E-state index contributed by atoms with van der Waals surface area (Å²) < 4.78 is 0. The molecule has 1 rings (SSSR count). The van der Waals surface area contributed by atoms with Gasteiger partial charge in [0.25, 0.3) is 0 Å². The molecule has 1 fully saturated rings. The molecule has 0 saturated heterocycles. The quantitative estimate of drug-likeness (QED) is 0.484. The molecule has 3 heteroatoms. The van der Waals surface area contributed by atoms with Gasteiger partial charge in [0, 0.05) is 11.8 Å². The number of ketones is 1. The minimum atomic E-state index is -0.954. The summed E-state index contributed by atoms with van der Waals surface area (Å²) in [7, 11) is 0. The van der Waals surface area contributed by atoms with E-state index < -0.39 is 18.1 Å². The van der Waals surface area contributed by atoms with E-state index in [0.29, 0.717) is 0 Å². The Morgan fingerprint density at radius 1 is 1.30 bits per heavy atom. The lowest BCUT2D eigenvalue weighted by molar-refractivity contribution is -0.128. The highest BCUT2D eigenvalue weighted by Gasteiger charge is 2.43. The van der Waals surface area contributed by atoms with Gasteiger partial charge in [-0.3, -0.25) is 4.79 Å². The number of carbonyl (C=O) groups excluding carboxylic acids is 1. The van der Waals surface area contributed by atoms with Crippen LogP contribution in [0.15, 0.2) is 0 Å². The SMILES string of the molecule is CC1C(=O)[C@H](O)C(C)C1O. The third-order valence-electron chi connectivity index (χ3n) is 2.29. The fraction of sp³-hybridized carbons (Fsp3) is 0.857. The van der Waals surface area contributed by atoms with Crippen molar-refractivity contribution in [3.63, 3.8) is 0 Å². The van der Waals surface area contributed by atoms with Crippen molar-refractivity contribution in [3.8, 4) is 0 Å². The summed E-state index contributed by atoms with van der Waals surface area (Å²) in [5.74, 6) is -0.938. The highest BCUT2D eigenvalue weighted by atomic mass is 16.3. The summed E-state index contributed by atoms with van der Waals surface area (Å²) in [4.78, 5) is 10.9. The molecule has 4 atom stereocenters. The van der Waals surface area contributed by atoms with Gasteiger partial charge in [-0.15, -0.1) is 0 Å². The molecule has 0 aromatic heterocycles. The van der Waals surface area contributed by atoms with Gasteiger partial charge in [-0.1, -0.05) is 13.8 Å². The monoisotopic (exact) mass is 144 g/mol. The number of carbonyl (C=O) groups is 1. The van der Waals surface area contributed by atoms with E-state index in [0.717, 1.165) is 0 Å². The van der Waals surface area contributed by atoms with Crippen molar-refractivity contribution in [1.82, 2.24) is 0 Å². The fourth-order valence-electron chi connectivity index (χ4n) is 1.34. The minimum absolute atomic E-state index is 0.236. The summed E-state index contributed by atoms with van der Waals surface area (Å²) >= 11 is 0. The van der Waals surface area contributed by atoms with Crippen LogP contribution in [0.5, 0.6) is 0 Å². The molecule has 2 N–H and O–H groups in total. The predicted octanol–water partition coefficient (Wildman–Crippen LogP) is -0.437. The Hall–Kier alpha value is -0.410. The topological polar surface area (TPSA) is 57.5 Å².